The van der Waals surface area contributed by atoms with E-state index in [0.717, 1.165) is 4.90 Å². The van der Waals surface area contributed by atoms with Gasteiger partial charge in [0.1, 0.15) is 13.1 Å². The molecular weight excluding hydrogens is 313 g/mol. The highest BCUT2D eigenvalue weighted by atomic mass is 35.5. The number of carbonyl (C=O) groups excluding carboxylic acids is 3. The molecule has 1 N–H and O–H groups in total. The minimum Gasteiger partial charge on any atom is -0.345 e. The molecule has 9 heteroatoms. The summed E-state index contributed by atoms with van der Waals surface area (Å²) in [5.74, 6) is -2.83. The molecule has 0 atom stereocenters. The minimum atomic E-state index is -4.55. The van der Waals surface area contributed by atoms with E-state index in [0.29, 0.717) is 0 Å². The number of benzene rings is 1. The number of anilines is 1. The van der Waals surface area contributed by atoms with Gasteiger partial charge in [0.05, 0.1) is 11.3 Å². The Balaban J connectivity index is 2.14. The van der Waals surface area contributed by atoms with Crippen molar-refractivity contribution in [3.8, 4) is 0 Å². The maximum atomic E-state index is 12.0. The summed E-state index contributed by atoms with van der Waals surface area (Å²) in [6, 6.07) is 4.03. The summed E-state index contributed by atoms with van der Waals surface area (Å²) in [5.41, 5.74) is 0.174. The van der Waals surface area contributed by atoms with Gasteiger partial charge in [-0.05, 0) is 18.2 Å². The zero-order chi connectivity index (χ0) is 15.8. The second-order valence-electron chi connectivity index (χ2n) is 4.27. The van der Waals surface area contributed by atoms with Gasteiger partial charge in [-0.2, -0.15) is 13.2 Å². The summed E-state index contributed by atoms with van der Waals surface area (Å²) >= 11 is 5.74. The number of Topliss-reactive ketones (excluding diaryl/α,β-unsaturated/α-hetero) is 1. The number of fused-ring (bicyclic) bond motifs is 1. The molecule has 0 saturated carbocycles. The first-order chi connectivity index (χ1) is 9.69. The van der Waals surface area contributed by atoms with Gasteiger partial charge in [0.25, 0.3) is 11.7 Å². The van der Waals surface area contributed by atoms with Crippen LogP contribution in [0, 0.1) is 0 Å². The SMILES string of the molecule is O=C(CN1C(=O)C(=O)c2ccc(Cl)cc21)NCC(F)(F)F. The zero-order valence-corrected chi connectivity index (χ0v) is 11.1. The fourth-order valence-corrected chi connectivity index (χ4v) is 1.99. The highest BCUT2D eigenvalue weighted by Gasteiger charge is 2.37. The molecule has 0 unspecified atom stereocenters. The molecule has 0 aromatic heterocycles. The molecule has 0 aliphatic carbocycles. The van der Waals surface area contributed by atoms with E-state index in [1.807, 2.05) is 0 Å². The predicted molar refractivity (Wildman–Crippen MR) is 67.2 cm³/mol. The third kappa shape index (κ3) is 3.33. The quantitative estimate of drug-likeness (QED) is 0.859. The van der Waals surface area contributed by atoms with Crippen molar-refractivity contribution in [2.45, 2.75) is 6.18 Å². The molecule has 0 fully saturated rings. The number of halogens is 4. The number of hydrogen-bond acceptors (Lipinski definition) is 3. The number of hydrogen-bond donors (Lipinski definition) is 1. The fourth-order valence-electron chi connectivity index (χ4n) is 1.82. The van der Waals surface area contributed by atoms with Crippen molar-refractivity contribution < 1.29 is 27.6 Å². The van der Waals surface area contributed by atoms with Crippen molar-refractivity contribution in [3.05, 3.63) is 28.8 Å². The highest BCUT2D eigenvalue weighted by Crippen LogP contribution is 2.31. The summed E-state index contributed by atoms with van der Waals surface area (Å²) in [6.07, 6.45) is -4.55. The number of alkyl halides is 3. The van der Waals surface area contributed by atoms with E-state index >= 15 is 0 Å². The highest BCUT2D eigenvalue weighted by molar-refractivity contribution is 6.53. The Hall–Kier alpha value is -2.09. The Morgan fingerprint density at radius 2 is 1.95 bits per heavy atom. The van der Waals surface area contributed by atoms with Crippen molar-refractivity contribution in [1.82, 2.24) is 5.32 Å². The Morgan fingerprint density at radius 1 is 1.29 bits per heavy atom. The first kappa shape index (κ1) is 15.3. The molecule has 0 radical (unpaired) electrons. The topological polar surface area (TPSA) is 66.5 Å². The van der Waals surface area contributed by atoms with Crippen molar-refractivity contribution in [1.29, 1.82) is 0 Å². The molecule has 1 aliphatic rings. The van der Waals surface area contributed by atoms with Gasteiger partial charge in [0, 0.05) is 5.02 Å². The third-order valence-electron chi connectivity index (χ3n) is 2.72. The summed E-state index contributed by atoms with van der Waals surface area (Å²) < 4.78 is 36.0. The molecule has 1 aliphatic heterocycles. The number of nitrogens with one attached hydrogen (secondary N) is 1. The van der Waals surface area contributed by atoms with Crippen LogP contribution in [0.1, 0.15) is 10.4 Å². The van der Waals surface area contributed by atoms with Gasteiger partial charge in [-0.25, -0.2) is 0 Å². The summed E-state index contributed by atoms with van der Waals surface area (Å²) in [7, 11) is 0. The van der Waals surface area contributed by atoms with Crippen LogP contribution in [-0.4, -0.2) is 36.9 Å². The lowest BCUT2D eigenvalue weighted by Gasteiger charge is -2.16. The lowest BCUT2D eigenvalue weighted by Crippen LogP contribution is -2.43. The van der Waals surface area contributed by atoms with Gasteiger partial charge in [0.2, 0.25) is 5.91 Å². The van der Waals surface area contributed by atoms with Gasteiger partial charge >= 0.3 is 6.18 Å². The Morgan fingerprint density at radius 3 is 2.57 bits per heavy atom. The predicted octanol–water partition coefficient (Wildman–Crippen LogP) is 1.55. The monoisotopic (exact) mass is 320 g/mol. The number of nitrogens with zero attached hydrogens (tertiary/aromatic N) is 1. The first-order valence-corrected chi connectivity index (χ1v) is 6.06. The van der Waals surface area contributed by atoms with Gasteiger partial charge in [-0.1, -0.05) is 11.6 Å². The fraction of sp³-hybridized carbons (Fsp3) is 0.250. The first-order valence-electron chi connectivity index (χ1n) is 5.68. The largest absolute Gasteiger partial charge is 0.405 e. The summed E-state index contributed by atoms with van der Waals surface area (Å²) in [4.78, 5) is 35.7. The van der Waals surface area contributed by atoms with Gasteiger partial charge in [-0.15, -0.1) is 0 Å². The second kappa shape index (κ2) is 5.36. The molecule has 1 aromatic rings. The average molecular weight is 321 g/mol. The van der Waals surface area contributed by atoms with Gasteiger partial charge in [-0.3, -0.25) is 19.3 Å². The van der Waals surface area contributed by atoms with Crippen LogP contribution < -0.4 is 10.2 Å². The Labute approximate surface area is 121 Å². The maximum absolute atomic E-state index is 12.0. The van der Waals surface area contributed by atoms with Crippen molar-refractivity contribution in [3.63, 3.8) is 0 Å². The van der Waals surface area contributed by atoms with Crippen LogP contribution >= 0.6 is 11.6 Å². The van der Waals surface area contributed by atoms with Crippen LogP contribution in [0.2, 0.25) is 5.02 Å². The second-order valence-corrected chi connectivity index (χ2v) is 4.71. The molecule has 1 aromatic carbocycles. The van der Waals surface area contributed by atoms with Crippen LogP contribution in [0.4, 0.5) is 18.9 Å². The van der Waals surface area contributed by atoms with Crippen LogP contribution in [-0.2, 0) is 9.59 Å². The third-order valence-corrected chi connectivity index (χ3v) is 2.96. The molecule has 0 bridgehead atoms. The van der Waals surface area contributed by atoms with E-state index in [2.05, 4.69) is 0 Å². The van der Waals surface area contributed by atoms with Crippen LogP contribution in [0.15, 0.2) is 18.2 Å². The van der Waals surface area contributed by atoms with Crippen LogP contribution in [0.25, 0.3) is 0 Å². The number of ketones is 1. The minimum absolute atomic E-state index is 0.0630. The van der Waals surface area contributed by atoms with E-state index in [-0.39, 0.29) is 16.3 Å². The van der Waals surface area contributed by atoms with Crippen molar-refractivity contribution in [2.24, 2.45) is 0 Å². The molecular formula is C12H8ClF3N2O3. The van der Waals surface area contributed by atoms with E-state index in [1.165, 1.54) is 18.2 Å². The number of amides is 2. The Bertz CT molecular complexity index is 631. The van der Waals surface area contributed by atoms with E-state index in [1.54, 1.807) is 5.32 Å². The molecule has 112 valence electrons. The maximum Gasteiger partial charge on any atom is 0.405 e. The molecule has 5 nitrogen and oxygen atoms in total. The molecule has 0 spiro atoms. The molecule has 1 heterocycles. The normalized spacial score (nSPS) is 14.4. The lowest BCUT2D eigenvalue weighted by molar-refractivity contribution is -0.137. The van der Waals surface area contributed by atoms with Crippen molar-refractivity contribution >= 4 is 34.9 Å². The standard InChI is InChI=1S/C12H8ClF3N2O3/c13-6-1-2-7-8(3-6)18(11(21)10(7)20)4-9(19)17-5-12(14,15)16/h1-3H,4-5H2,(H,17,19). The molecule has 2 amide bonds. The van der Waals surface area contributed by atoms with Crippen molar-refractivity contribution in [2.75, 3.05) is 18.0 Å². The van der Waals surface area contributed by atoms with E-state index in [9.17, 15) is 27.6 Å². The van der Waals surface area contributed by atoms with Gasteiger partial charge in [0.15, 0.2) is 0 Å². The summed E-state index contributed by atoms with van der Waals surface area (Å²) in [6.45, 7) is -2.20. The van der Waals surface area contributed by atoms with E-state index < -0.39 is 36.9 Å². The number of rotatable bonds is 3. The molecule has 2 rings (SSSR count). The average Bonchev–Trinajstić information content (AvgIpc) is 2.60. The summed E-state index contributed by atoms with van der Waals surface area (Å²) in [5, 5.41) is 1.86. The zero-order valence-electron chi connectivity index (χ0n) is 10.3. The van der Waals surface area contributed by atoms with Crippen LogP contribution in [0.5, 0.6) is 0 Å². The van der Waals surface area contributed by atoms with Gasteiger partial charge < -0.3 is 5.32 Å². The number of carbonyl (C=O) groups is 3. The lowest BCUT2D eigenvalue weighted by atomic mass is 10.1. The smallest absolute Gasteiger partial charge is 0.345 e. The Kier molecular flexibility index (Phi) is 3.91. The molecule has 21 heavy (non-hydrogen) atoms. The van der Waals surface area contributed by atoms with E-state index in [4.69, 9.17) is 11.6 Å². The van der Waals surface area contributed by atoms with Crippen LogP contribution in [0.3, 0.4) is 0 Å². The molecule has 0 saturated heterocycles.